The van der Waals surface area contributed by atoms with Crippen molar-refractivity contribution in [2.75, 3.05) is 0 Å². The van der Waals surface area contributed by atoms with Crippen LogP contribution < -0.4 is 0 Å². The minimum Gasteiger partial charge on any atom is -0.236 e. The second-order valence-corrected chi connectivity index (χ2v) is 5.98. The van der Waals surface area contributed by atoms with Crippen LogP contribution in [-0.4, -0.2) is 9.97 Å². The van der Waals surface area contributed by atoms with E-state index < -0.39 is 0 Å². The fourth-order valence-electron chi connectivity index (χ4n) is 1.97. The molecule has 2 nitrogen and oxygen atoms in total. The third-order valence-corrected chi connectivity index (χ3v) is 4.75. The topological polar surface area (TPSA) is 25.8 Å². The van der Waals surface area contributed by atoms with E-state index in [4.69, 9.17) is 11.6 Å². The molecule has 100 valence electrons. The van der Waals surface area contributed by atoms with Crippen LogP contribution in [0.4, 0.5) is 0 Å². The maximum atomic E-state index is 6.20. The number of benzene rings is 1. The second-order valence-electron chi connectivity index (χ2n) is 4.54. The molecule has 1 aromatic heterocycles. The van der Waals surface area contributed by atoms with E-state index in [1.165, 1.54) is 11.1 Å². The van der Waals surface area contributed by atoms with Gasteiger partial charge in [0.05, 0.1) is 9.26 Å². The van der Waals surface area contributed by atoms with Gasteiger partial charge in [-0.2, -0.15) is 0 Å². The summed E-state index contributed by atoms with van der Waals surface area (Å²) in [6.07, 6.45) is 2.74. The lowest BCUT2D eigenvalue weighted by Gasteiger charge is -2.09. The maximum Gasteiger partial charge on any atom is 0.146 e. The van der Waals surface area contributed by atoms with Crippen LogP contribution in [0, 0.1) is 10.5 Å². The minimum absolute atomic E-state index is 0.572. The average molecular weight is 387 g/mol. The molecule has 19 heavy (non-hydrogen) atoms. The Morgan fingerprint density at radius 1 is 1.21 bits per heavy atom. The Morgan fingerprint density at radius 2 is 1.95 bits per heavy atom. The second kappa shape index (κ2) is 6.66. The fraction of sp³-hybridized carbons (Fsp3) is 0.333. The Labute approximate surface area is 132 Å². The molecule has 0 unspecified atom stereocenters. The molecule has 0 saturated carbocycles. The molecule has 0 spiro atoms. The molecule has 4 heteroatoms. The number of aromatic nitrogens is 2. The summed E-state index contributed by atoms with van der Waals surface area (Å²) in [5, 5.41) is 0.572. The molecule has 0 N–H and O–H groups in total. The van der Waals surface area contributed by atoms with E-state index in [0.717, 1.165) is 34.4 Å². The van der Waals surface area contributed by atoms with Gasteiger partial charge in [0.15, 0.2) is 0 Å². The predicted molar refractivity (Wildman–Crippen MR) is 87.7 cm³/mol. The first-order chi connectivity index (χ1) is 9.11. The van der Waals surface area contributed by atoms with Gasteiger partial charge in [0.2, 0.25) is 0 Å². The number of aryl methyl sites for hydroxylation is 2. The van der Waals surface area contributed by atoms with Crippen molar-refractivity contribution in [3.8, 4) is 0 Å². The van der Waals surface area contributed by atoms with Gasteiger partial charge in [0, 0.05) is 6.42 Å². The standard InChI is InChI=1S/C15H16ClIN2/c1-3-6-12-14(17)15(16)19-13(18-12)9-11-8-5-4-7-10(11)2/h4-5,7-8H,3,6,9H2,1-2H3. The molecule has 1 aromatic carbocycles. The SMILES string of the molecule is CCCc1nc(Cc2ccccc2C)nc(Cl)c1I. The van der Waals surface area contributed by atoms with Crippen LogP contribution in [0.2, 0.25) is 5.15 Å². The van der Waals surface area contributed by atoms with Crippen molar-refractivity contribution in [2.24, 2.45) is 0 Å². The lowest BCUT2D eigenvalue weighted by atomic mass is 10.1. The van der Waals surface area contributed by atoms with Crippen molar-refractivity contribution in [1.82, 2.24) is 9.97 Å². The van der Waals surface area contributed by atoms with Crippen LogP contribution in [0.3, 0.4) is 0 Å². The molecule has 0 saturated heterocycles. The van der Waals surface area contributed by atoms with E-state index in [1.807, 2.05) is 12.1 Å². The number of halogens is 2. The molecule has 0 aliphatic carbocycles. The maximum absolute atomic E-state index is 6.20. The summed E-state index contributed by atoms with van der Waals surface area (Å²) in [4.78, 5) is 9.06. The van der Waals surface area contributed by atoms with Gasteiger partial charge in [-0.25, -0.2) is 9.97 Å². The summed E-state index contributed by atoms with van der Waals surface area (Å²) in [7, 11) is 0. The van der Waals surface area contributed by atoms with Gasteiger partial charge in [0.25, 0.3) is 0 Å². The Bertz CT molecular complexity index is 584. The molecular weight excluding hydrogens is 371 g/mol. The van der Waals surface area contributed by atoms with Crippen LogP contribution in [0.5, 0.6) is 0 Å². The lowest BCUT2D eigenvalue weighted by Crippen LogP contribution is -2.05. The highest BCUT2D eigenvalue weighted by Gasteiger charge is 2.11. The summed E-state index contributed by atoms with van der Waals surface area (Å²) in [6, 6.07) is 8.31. The summed E-state index contributed by atoms with van der Waals surface area (Å²) in [6.45, 7) is 4.25. The third-order valence-electron chi connectivity index (χ3n) is 3.02. The van der Waals surface area contributed by atoms with Crippen LogP contribution in [0.1, 0.15) is 36.0 Å². The molecule has 0 radical (unpaired) electrons. The summed E-state index contributed by atoms with van der Waals surface area (Å²) < 4.78 is 0.981. The molecule has 2 aromatic rings. The molecule has 1 heterocycles. The Balaban J connectivity index is 2.33. The van der Waals surface area contributed by atoms with E-state index in [0.29, 0.717) is 5.15 Å². The quantitative estimate of drug-likeness (QED) is 0.567. The molecule has 2 rings (SSSR count). The summed E-state index contributed by atoms with van der Waals surface area (Å²) in [5.74, 6) is 0.808. The van der Waals surface area contributed by atoms with Crippen molar-refractivity contribution in [3.05, 3.63) is 55.6 Å². The fourth-order valence-corrected chi connectivity index (χ4v) is 2.69. The molecule has 0 aliphatic rings. The van der Waals surface area contributed by atoms with Crippen molar-refractivity contribution in [3.63, 3.8) is 0 Å². The van der Waals surface area contributed by atoms with Crippen LogP contribution in [0.25, 0.3) is 0 Å². The largest absolute Gasteiger partial charge is 0.236 e. The zero-order valence-corrected chi connectivity index (χ0v) is 14.0. The molecule has 0 atom stereocenters. The first-order valence-corrected chi connectivity index (χ1v) is 7.82. The predicted octanol–water partition coefficient (Wildman–Crippen LogP) is 4.59. The van der Waals surface area contributed by atoms with E-state index in [9.17, 15) is 0 Å². The van der Waals surface area contributed by atoms with Crippen molar-refractivity contribution in [2.45, 2.75) is 33.1 Å². The number of hydrogen-bond donors (Lipinski definition) is 0. The Hall–Kier alpha value is -0.680. The Kier molecular flexibility index (Phi) is 5.16. The normalized spacial score (nSPS) is 10.7. The zero-order chi connectivity index (χ0) is 13.8. The minimum atomic E-state index is 0.572. The summed E-state index contributed by atoms with van der Waals surface area (Å²) >= 11 is 8.43. The number of nitrogens with zero attached hydrogens (tertiary/aromatic N) is 2. The molecule has 0 bridgehead atoms. The number of rotatable bonds is 4. The monoisotopic (exact) mass is 386 g/mol. The smallest absolute Gasteiger partial charge is 0.146 e. The molecule has 0 aliphatic heterocycles. The number of hydrogen-bond acceptors (Lipinski definition) is 2. The first-order valence-electron chi connectivity index (χ1n) is 6.37. The van der Waals surface area contributed by atoms with Gasteiger partial charge in [-0.15, -0.1) is 0 Å². The van der Waals surface area contributed by atoms with Crippen molar-refractivity contribution >= 4 is 34.2 Å². The van der Waals surface area contributed by atoms with Crippen LogP contribution in [-0.2, 0) is 12.8 Å². The molecule has 0 amide bonds. The molecular formula is C15H16ClIN2. The van der Waals surface area contributed by atoms with Gasteiger partial charge >= 0.3 is 0 Å². The van der Waals surface area contributed by atoms with Crippen LogP contribution in [0.15, 0.2) is 24.3 Å². The van der Waals surface area contributed by atoms with Crippen molar-refractivity contribution < 1.29 is 0 Å². The van der Waals surface area contributed by atoms with Gasteiger partial charge in [-0.05, 0) is 47.1 Å². The van der Waals surface area contributed by atoms with Gasteiger partial charge < -0.3 is 0 Å². The van der Waals surface area contributed by atoms with Gasteiger partial charge in [0.1, 0.15) is 11.0 Å². The van der Waals surface area contributed by atoms with Crippen molar-refractivity contribution in [1.29, 1.82) is 0 Å². The van der Waals surface area contributed by atoms with Gasteiger partial charge in [-0.1, -0.05) is 49.2 Å². The first kappa shape index (κ1) is 14.7. The average Bonchev–Trinajstić information content (AvgIpc) is 2.38. The molecule has 0 fully saturated rings. The highest BCUT2D eigenvalue weighted by atomic mass is 127. The summed E-state index contributed by atoms with van der Waals surface area (Å²) in [5.41, 5.74) is 3.58. The lowest BCUT2D eigenvalue weighted by molar-refractivity contribution is 0.832. The zero-order valence-electron chi connectivity index (χ0n) is 11.1. The highest BCUT2D eigenvalue weighted by Crippen LogP contribution is 2.21. The van der Waals surface area contributed by atoms with Gasteiger partial charge in [-0.3, -0.25) is 0 Å². The van der Waals surface area contributed by atoms with E-state index in [2.05, 4.69) is 58.5 Å². The highest BCUT2D eigenvalue weighted by molar-refractivity contribution is 14.1. The van der Waals surface area contributed by atoms with E-state index in [-0.39, 0.29) is 0 Å². The third kappa shape index (κ3) is 3.66. The van der Waals surface area contributed by atoms with Crippen LogP contribution >= 0.6 is 34.2 Å². The Morgan fingerprint density at radius 3 is 2.63 bits per heavy atom. The van der Waals surface area contributed by atoms with E-state index in [1.54, 1.807) is 0 Å². The van der Waals surface area contributed by atoms with E-state index >= 15 is 0 Å².